The number of fused-ring (bicyclic) bond motifs is 5. The third-order valence-electron chi connectivity index (χ3n) is 13.0. The standard InChI is InChI=1S/C37H52O7Si/c1-20-10-9-11-31(22(20)3)45-33-18-26(40)16-25-17-30(43-23(4)38)35-28-14-13-27(21(2)12-15-34(41)42-8)37(28,7)32(44-24(5)39)19-29(35)36(25,33)6/h9-11,21,25,27-30,32-33,35H,12-19H2,1-8H3/t21-,25+,27-,28+,29+,30-,32+,33-,35+,36+,37-/m1/s1. The van der Waals surface area contributed by atoms with Crippen molar-refractivity contribution < 1.29 is 33.4 Å². The zero-order valence-corrected chi connectivity index (χ0v) is 29.4. The van der Waals surface area contributed by atoms with Crippen molar-refractivity contribution in [3.63, 3.8) is 0 Å². The van der Waals surface area contributed by atoms with Gasteiger partial charge in [-0.2, -0.15) is 0 Å². The fraction of sp³-hybridized carbons (Fsp3) is 0.730. The second-order valence-electron chi connectivity index (χ2n) is 15.1. The molecular formula is C37H52O7Si. The maximum Gasteiger partial charge on any atom is 0.305 e. The van der Waals surface area contributed by atoms with Crippen LogP contribution in [0.5, 0.6) is 0 Å². The monoisotopic (exact) mass is 636 g/mol. The molecule has 0 saturated heterocycles. The van der Waals surface area contributed by atoms with Gasteiger partial charge in [0, 0.05) is 44.4 Å². The van der Waals surface area contributed by atoms with Gasteiger partial charge in [-0.05, 0) is 97.6 Å². The SMILES string of the molecule is COC(=O)CC[C@@H](C)[C@H]1CC[C@H]2[C@@H]3[C@H](OC(C)=O)C[C@@H]4CC(=O)C[C@@H]([Si]c5cccc(C)c5C)[C@]4(C)[C@H]3C[C@H](OC(C)=O)[C@]12C. The number of aryl methyl sites for hydroxylation is 1. The Morgan fingerprint density at radius 3 is 2.36 bits per heavy atom. The molecule has 0 aromatic heterocycles. The highest BCUT2D eigenvalue weighted by Crippen LogP contribution is 2.70. The fourth-order valence-corrected chi connectivity index (χ4v) is 12.7. The molecule has 7 nitrogen and oxygen atoms in total. The highest BCUT2D eigenvalue weighted by Gasteiger charge is 2.69. The summed E-state index contributed by atoms with van der Waals surface area (Å²) >= 11 is 0. The second kappa shape index (κ2) is 13.0. The van der Waals surface area contributed by atoms with E-state index in [0.29, 0.717) is 47.4 Å². The molecule has 4 aliphatic carbocycles. The molecular weight excluding hydrogens is 584 g/mol. The van der Waals surface area contributed by atoms with Gasteiger partial charge in [0.05, 0.1) is 16.6 Å². The molecule has 8 heteroatoms. The van der Waals surface area contributed by atoms with E-state index in [1.54, 1.807) is 0 Å². The maximum absolute atomic E-state index is 13.4. The number of carbonyl (C=O) groups excluding carboxylic acids is 4. The first-order valence-electron chi connectivity index (χ1n) is 17.0. The highest BCUT2D eigenvalue weighted by molar-refractivity contribution is 6.56. The predicted octanol–water partition coefficient (Wildman–Crippen LogP) is 5.93. The van der Waals surface area contributed by atoms with Crippen LogP contribution in [0.1, 0.15) is 97.1 Å². The number of ether oxygens (including phenoxy) is 3. The van der Waals surface area contributed by atoms with Crippen molar-refractivity contribution in [1.29, 1.82) is 0 Å². The molecule has 45 heavy (non-hydrogen) atoms. The maximum atomic E-state index is 13.4. The summed E-state index contributed by atoms with van der Waals surface area (Å²) in [5, 5.41) is 1.32. The minimum absolute atomic E-state index is 0.102. The third kappa shape index (κ3) is 6.05. The Hall–Kier alpha value is -2.48. The van der Waals surface area contributed by atoms with E-state index in [9.17, 15) is 19.2 Å². The van der Waals surface area contributed by atoms with Gasteiger partial charge in [-0.25, -0.2) is 0 Å². The molecule has 246 valence electrons. The zero-order valence-electron chi connectivity index (χ0n) is 28.4. The van der Waals surface area contributed by atoms with Crippen molar-refractivity contribution in [2.75, 3.05) is 7.11 Å². The van der Waals surface area contributed by atoms with Crippen LogP contribution >= 0.6 is 0 Å². The number of hydrogen-bond donors (Lipinski definition) is 0. The van der Waals surface area contributed by atoms with Crippen molar-refractivity contribution in [3.05, 3.63) is 29.3 Å². The molecule has 0 heterocycles. The summed E-state index contributed by atoms with van der Waals surface area (Å²) in [5.41, 5.74) is 2.25. The number of benzene rings is 1. The van der Waals surface area contributed by atoms with Crippen molar-refractivity contribution in [1.82, 2.24) is 0 Å². The van der Waals surface area contributed by atoms with Gasteiger partial charge in [0.15, 0.2) is 0 Å². The lowest BCUT2D eigenvalue weighted by atomic mass is 9.43. The summed E-state index contributed by atoms with van der Waals surface area (Å²) in [4.78, 5) is 50.8. The third-order valence-corrected chi connectivity index (χ3v) is 15.1. The van der Waals surface area contributed by atoms with Gasteiger partial charge in [0.1, 0.15) is 18.0 Å². The number of rotatable bonds is 8. The Morgan fingerprint density at radius 1 is 0.978 bits per heavy atom. The van der Waals surface area contributed by atoms with Crippen molar-refractivity contribution >= 4 is 38.4 Å². The van der Waals surface area contributed by atoms with Crippen LogP contribution in [0, 0.1) is 60.2 Å². The zero-order chi connectivity index (χ0) is 32.8. The minimum atomic E-state index is -0.320. The molecule has 5 rings (SSSR count). The molecule has 2 radical (unpaired) electrons. The summed E-state index contributed by atoms with van der Waals surface area (Å²) in [6.07, 6.45) is 4.94. The largest absolute Gasteiger partial charge is 0.469 e. The summed E-state index contributed by atoms with van der Waals surface area (Å²) in [6, 6.07) is 6.49. The van der Waals surface area contributed by atoms with E-state index in [0.717, 1.165) is 19.3 Å². The lowest BCUT2D eigenvalue weighted by Gasteiger charge is -2.65. The summed E-state index contributed by atoms with van der Waals surface area (Å²) in [5.74, 6) is 0.590. The van der Waals surface area contributed by atoms with Gasteiger partial charge in [-0.3, -0.25) is 19.2 Å². The van der Waals surface area contributed by atoms with Crippen molar-refractivity contribution in [3.8, 4) is 0 Å². The van der Waals surface area contributed by atoms with Crippen molar-refractivity contribution in [2.24, 2.45) is 46.3 Å². The van der Waals surface area contributed by atoms with Crippen LogP contribution in [0.15, 0.2) is 18.2 Å². The number of carbonyl (C=O) groups is 4. The minimum Gasteiger partial charge on any atom is -0.469 e. The number of methoxy groups -OCH3 is 1. The van der Waals surface area contributed by atoms with E-state index in [-0.39, 0.29) is 82.0 Å². The van der Waals surface area contributed by atoms with E-state index in [2.05, 4.69) is 52.8 Å². The lowest BCUT2D eigenvalue weighted by Crippen LogP contribution is -2.65. The van der Waals surface area contributed by atoms with E-state index in [4.69, 9.17) is 14.2 Å². The Bertz CT molecular complexity index is 1330. The quantitative estimate of drug-likeness (QED) is 0.198. The van der Waals surface area contributed by atoms with Gasteiger partial charge in [0.25, 0.3) is 0 Å². The molecule has 4 saturated carbocycles. The first-order valence-corrected chi connectivity index (χ1v) is 18.0. The number of esters is 3. The smallest absolute Gasteiger partial charge is 0.305 e. The van der Waals surface area contributed by atoms with Gasteiger partial charge < -0.3 is 14.2 Å². The molecule has 0 aliphatic heterocycles. The lowest BCUT2D eigenvalue weighted by molar-refractivity contribution is -0.218. The molecule has 0 unspecified atom stereocenters. The normalized spacial score (nSPS) is 37.9. The van der Waals surface area contributed by atoms with Crippen LogP contribution in [0.25, 0.3) is 0 Å². The Labute approximate surface area is 271 Å². The number of Topliss-reactive ketones (excluding diaryl/α,β-unsaturated/α-hetero) is 1. The number of hydrogen-bond acceptors (Lipinski definition) is 7. The molecule has 0 amide bonds. The average molecular weight is 637 g/mol. The molecule has 1 aromatic rings. The Kier molecular flexibility index (Phi) is 9.75. The number of ketones is 1. The average Bonchev–Trinajstić information content (AvgIpc) is 3.33. The summed E-state index contributed by atoms with van der Waals surface area (Å²) in [6.45, 7) is 14.3. The van der Waals surface area contributed by atoms with E-state index in [1.165, 1.54) is 37.3 Å². The van der Waals surface area contributed by atoms with Crippen LogP contribution < -0.4 is 5.19 Å². The first-order chi connectivity index (χ1) is 21.2. The van der Waals surface area contributed by atoms with Gasteiger partial charge in [-0.15, -0.1) is 0 Å². The predicted molar refractivity (Wildman–Crippen MR) is 173 cm³/mol. The van der Waals surface area contributed by atoms with Crippen LogP contribution in [0.4, 0.5) is 0 Å². The molecule has 1 aromatic carbocycles. The van der Waals surface area contributed by atoms with Crippen LogP contribution in [-0.4, -0.2) is 52.5 Å². The van der Waals surface area contributed by atoms with Crippen molar-refractivity contribution in [2.45, 2.75) is 118 Å². The first kappa shape index (κ1) is 33.9. The van der Waals surface area contributed by atoms with E-state index < -0.39 is 0 Å². The van der Waals surface area contributed by atoms with E-state index in [1.807, 2.05) is 0 Å². The van der Waals surface area contributed by atoms with Crippen LogP contribution in [0.3, 0.4) is 0 Å². The van der Waals surface area contributed by atoms with Gasteiger partial charge in [0.2, 0.25) is 0 Å². The summed E-state index contributed by atoms with van der Waals surface area (Å²) in [7, 11) is 1.93. The van der Waals surface area contributed by atoms with Gasteiger partial charge >= 0.3 is 17.9 Å². The molecule has 0 N–H and O–H groups in total. The van der Waals surface area contributed by atoms with Gasteiger partial charge in [-0.1, -0.05) is 44.2 Å². The van der Waals surface area contributed by atoms with Crippen LogP contribution in [0.2, 0.25) is 5.54 Å². The Balaban J connectivity index is 1.58. The molecule has 11 atom stereocenters. The Morgan fingerprint density at radius 2 is 1.69 bits per heavy atom. The van der Waals surface area contributed by atoms with E-state index >= 15 is 0 Å². The second-order valence-corrected chi connectivity index (χ2v) is 16.6. The molecule has 4 fully saturated rings. The highest BCUT2D eigenvalue weighted by atomic mass is 28.2. The van der Waals surface area contributed by atoms with Crippen LogP contribution in [-0.2, 0) is 33.4 Å². The summed E-state index contributed by atoms with van der Waals surface area (Å²) < 4.78 is 17.5. The molecule has 4 aliphatic rings. The molecule has 0 bridgehead atoms. The molecule has 0 spiro atoms. The topological polar surface area (TPSA) is 96.0 Å². The fourth-order valence-electron chi connectivity index (χ4n) is 10.7.